The molecule has 3 saturated heterocycles. The van der Waals surface area contributed by atoms with Gasteiger partial charge in [0.2, 0.25) is 17.7 Å². The predicted molar refractivity (Wildman–Crippen MR) is 149 cm³/mol. The molecular weight excluding hydrogens is 476 g/mol. The third kappa shape index (κ3) is 7.44. The summed E-state index contributed by atoms with van der Waals surface area (Å²) >= 11 is 0. The van der Waals surface area contributed by atoms with Crippen molar-refractivity contribution in [3.63, 3.8) is 0 Å². The molecule has 0 saturated carbocycles. The number of benzene rings is 2. The van der Waals surface area contributed by atoms with E-state index < -0.39 is 18.0 Å². The van der Waals surface area contributed by atoms with Crippen molar-refractivity contribution in [3.05, 3.63) is 71.8 Å². The molecule has 3 aliphatic heterocycles. The van der Waals surface area contributed by atoms with E-state index in [0.29, 0.717) is 19.3 Å². The summed E-state index contributed by atoms with van der Waals surface area (Å²) in [5.74, 6) is -0.650. The van der Waals surface area contributed by atoms with Crippen molar-refractivity contribution in [3.8, 4) is 0 Å². The molecule has 0 unspecified atom stereocenters. The summed E-state index contributed by atoms with van der Waals surface area (Å²) in [6.45, 7) is 4.17. The highest BCUT2D eigenvalue weighted by molar-refractivity contribution is 5.92. The van der Waals surface area contributed by atoms with Crippen molar-refractivity contribution in [2.75, 3.05) is 13.1 Å². The van der Waals surface area contributed by atoms with Crippen LogP contribution in [0, 0.1) is 0 Å². The Hall–Kier alpha value is -3.19. The molecule has 3 aliphatic rings. The number of carbonyl (C=O) groups is 3. The first-order valence-corrected chi connectivity index (χ1v) is 14.1. The average Bonchev–Trinajstić information content (AvgIpc) is 3.58. The molecule has 5 rings (SSSR count). The maximum Gasteiger partial charge on any atom is 0.246 e. The van der Waals surface area contributed by atoms with Gasteiger partial charge in [0.1, 0.15) is 12.1 Å². The van der Waals surface area contributed by atoms with Crippen LogP contribution in [0.3, 0.4) is 0 Å². The molecule has 0 aromatic heterocycles. The number of nitrogens with two attached hydrogens (primary N) is 1. The van der Waals surface area contributed by atoms with E-state index >= 15 is 0 Å². The monoisotopic (exact) mass is 518 g/mol. The number of hydrogen-bond acceptors (Lipinski definition) is 4. The second-order valence-electron chi connectivity index (χ2n) is 10.9. The molecule has 38 heavy (non-hydrogen) atoms. The second-order valence-corrected chi connectivity index (χ2v) is 10.9. The van der Waals surface area contributed by atoms with Crippen molar-refractivity contribution in [2.24, 2.45) is 5.73 Å². The van der Waals surface area contributed by atoms with E-state index in [0.717, 1.165) is 38.8 Å². The molecular formula is C31H42N4O3. The topological polar surface area (TPSA) is 95.7 Å². The zero-order valence-corrected chi connectivity index (χ0v) is 22.6. The Labute approximate surface area is 226 Å². The number of fused-ring (bicyclic) bond motifs is 1. The summed E-state index contributed by atoms with van der Waals surface area (Å²) in [5.41, 5.74) is 8.21. The lowest BCUT2D eigenvalue weighted by Crippen LogP contribution is -2.54. The van der Waals surface area contributed by atoms with E-state index in [-0.39, 0.29) is 23.9 Å². The van der Waals surface area contributed by atoms with Crippen LogP contribution in [0.25, 0.3) is 0 Å². The van der Waals surface area contributed by atoms with E-state index in [4.69, 9.17) is 5.73 Å². The SMILES string of the molecule is C[C@@H](CC(=O)N[C@H]1CCC[C@H]2CC[C@@H](C(N)=O)N2C1=O)N1CCCC1.c1ccc(Cc2ccccc2)cc1. The van der Waals surface area contributed by atoms with E-state index in [1.54, 1.807) is 4.90 Å². The van der Waals surface area contributed by atoms with Gasteiger partial charge in [-0.15, -0.1) is 0 Å². The quantitative estimate of drug-likeness (QED) is 0.585. The van der Waals surface area contributed by atoms with Gasteiger partial charge in [-0.3, -0.25) is 14.4 Å². The van der Waals surface area contributed by atoms with Gasteiger partial charge in [0.25, 0.3) is 0 Å². The van der Waals surface area contributed by atoms with Crippen LogP contribution < -0.4 is 11.1 Å². The minimum atomic E-state index is -0.525. The molecule has 0 spiro atoms. The Balaban J connectivity index is 0.000000216. The zero-order valence-electron chi connectivity index (χ0n) is 22.6. The zero-order chi connectivity index (χ0) is 26.9. The number of rotatable bonds is 7. The van der Waals surface area contributed by atoms with Crippen LogP contribution in [0.1, 0.15) is 69.4 Å². The molecule has 4 atom stereocenters. The average molecular weight is 519 g/mol. The lowest BCUT2D eigenvalue weighted by Gasteiger charge is -2.30. The Morgan fingerprint density at radius 1 is 0.895 bits per heavy atom. The number of nitrogens with one attached hydrogen (secondary N) is 1. The van der Waals surface area contributed by atoms with Gasteiger partial charge >= 0.3 is 0 Å². The molecule has 204 valence electrons. The van der Waals surface area contributed by atoms with E-state index in [9.17, 15) is 14.4 Å². The Morgan fingerprint density at radius 2 is 1.50 bits per heavy atom. The van der Waals surface area contributed by atoms with Crippen LogP contribution >= 0.6 is 0 Å². The molecule has 7 heteroatoms. The van der Waals surface area contributed by atoms with Gasteiger partial charge in [0.05, 0.1) is 0 Å². The predicted octanol–water partition coefficient (Wildman–Crippen LogP) is 3.65. The van der Waals surface area contributed by atoms with Gasteiger partial charge in [0, 0.05) is 18.5 Å². The van der Waals surface area contributed by atoms with E-state index in [1.165, 1.54) is 24.0 Å². The first kappa shape index (κ1) is 27.8. The van der Waals surface area contributed by atoms with Crippen LogP contribution in [0.2, 0.25) is 0 Å². The van der Waals surface area contributed by atoms with Crippen molar-refractivity contribution in [2.45, 2.75) is 88.9 Å². The van der Waals surface area contributed by atoms with Crippen molar-refractivity contribution < 1.29 is 14.4 Å². The fraction of sp³-hybridized carbons (Fsp3) is 0.516. The molecule has 3 heterocycles. The van der Waals surface area contributed by atoms with Crippen molar-refractivity contribution >= 4 is 17.7 Å². The molecule has 3 fully saturated rings. The maximum absolute atomic E-state index is 12.9. The van der Waals surface area contributed by atoms with E-state index in [2.05, 4.69) is 77.8 Å². The van der Waals surface area contributed by atoms with E-state index in [1.807, 2.05) is 0 Å². The highest BCUT2D eigenvalue weighted by Crippen LogP contribution is 2.31. The first-order valence-electron chi connectivity index (χ1n) is 14.1. The maximum atomic E-state index is 12.9. The van der Waals surface area contributed by atoms with Gasteiger partial charge in [-0.25, -0.2) is 0 Å². The molecule has 0 radical (unpaired) electrons. The van der Waals surface area contributed by atoms with Crippen molar-refractivity contribution in [1.82, 2.24) is 15.1 Å². The van der Waals surface area contributed by atoms with Gasteiger partial charge in [0.15, 0.2) is 0 Å². The van der Waals surface area contributed by atoms with Crippen LogP contribution in [0.4, 0.5) is 0 Å². The number of likely N-dealkylation sites (tertiary alicyclic amines) is 1. The lowest BCUT2D eigenvalue weighted by atomic mass is 10.1. The second kappa shape index (κ2) is 13.6. The number of amides is 3. The number of hydrogen-bond donors (Lipinski definition) is 2. The summed E-state index contributed by atoms with van der Waals surface area (Å²) < 4.78 is 0. The number of nitrogens with zero attached hydrogens (tertiary/aromatic N) is 2. The smallest absolute Gasteiger partial charge is 0.246 e. The molecule has 3 N–H and O–H groups in total. The van der Waals surface area contributed by atoms with Crippen molar-refractivity contribution in [1.29, 1.82) is 0 Å². The van der Waals surface area contributed by atoms with Crippen LogP contribution in [-0.4, -0.2) is 64.8 Å². The number of primary amides is 1. The molecule has 0 bridgehead atoms. The van der Waals surface area contributed by atoms with Gasteiger partial charge in [-0.1, -0.05) is 60.7 Å². The van der Waals surface area contributed by atoms with Gasteiger partial charge in [-0.05, 0) is 82.5 Å². The Kier molecular flexibility index (Phi) is 9.93. The first-order chi connectivity index (χ1) is 18.4. The van der Waals surface area contributed by atoms with Gasteiger partial charge in [-0.2, -0.15) is 0 Å². The lowest BCUT2D eigenvalue weighted by molar-refractivity contribution is -0.142. The summed E-state index contributed by atoms with van der Waals surface area (Å²) in [6, 6.07) is 20.3. The minimum Gasteiger partial charge on any atom is -0.368 e. The Bertz CT molecular complexity index is 1020. The van der Waals surface area contributed by atoms with Crippen LogP contribution in [0.5, 0.6) is 0 Å². The summed E-state index contributed by atoms with van der Waals surface area (Å²) in [4.78, 5) is 41.0. The fourth-order valence-corrected chi connectivity index (χ4v) is 6.03. The summed E-state index contributed by atoms with van der Waals surface area (Å²) in [5, 5.41) is 2.93. The van der Waals surface area contributed by atoms with Crippen LogP contribution in [-0.2, 0) is 20.8 Å². The molecule has 2 aromatic rings. The summed E-state index contributed by atoms with van der Waals surface area (Å²) in [6.07, 6.45) is 7.69. The third-order valence-corrected chi connectivity index (χ3v) is 8.09. The fourth-order valence-electron chi connectivity index (χ4n) is 6.03. The molecule has 3 amide bonds. The largest absolute Gasteiger partial charge is 0.368 e. The normalized spacial score (nSPS) is 24.1. The third-order valence-electron chi connectivity index (χ3n) is 8.09. The Morgan fingerprint density at radius 3 is 2.08 bits per heavy atom. The van der Waals surface area contributed by atoms with Crippen LogP contribution in [0.15, 0.2) is 60.7 Å². The number of carbonyl (C=O) groups excluding carboxylic acids is 3. The summed E-state index contributed by atoms with van der Waals surface area (Å²) in [7, 11) is 0. The highest BCUT2D eigenvalue weighted by Gasteiger charge is 2.44. The molecule has 7 nitrogen and oxygen atoms in total. The molecule has 2 aromatic carbocycles. The highest BCUT2D eigenvalue weighted by atomic mass is 16.2. The minimum absolute atomic E-state index is 0.0778. The molecule has 0 aliphatic carbocycles. The van der Waals surface area contributed by atoms with Gasteiger partial charge < -0.3 is 20.9 Å². The standard InChI is InChI=1S/C18H30N4O3.C13H12/c1-12(21-9-2-3-10-21)11-16(23)20-14-6-4-5-13-7-8-15(17(19)24)22(13)18(14)25;1-3-7-12(8-4-1)11-13-9-5-2-6-10-13/h12-15H,2-11H2,1H3,(H2,19,24)(H,20,23);1-10H,11H2/t12-,13-,14-,15-;/m0./s1.